The zero-order valence-corrected chi connectivity index (χ0v) is 7.25. The molecule has 0 bridgehead atoms. The van der Waals surface area contributed by atoms with Gasteiger partial charge in [-0.15, -0.1) is 0 Å². The second-order valence-electron chi connectivity index (χ2n) is 3.21. The summed E-state index contributed by atoms with van der Waals surface area (Å²) in [5.74, 6) is 0. The highest BCUT2D eigenvalue weighted by Gasteiger charge is 2.17. The molecular formula is C9H13N3. The average Bonchev–Trinajstić information content (AvgIpc) is 2.57. The molecular weight excluding hydrogens is 150 g/mol. The van der Waals surface area contributed by atoms with Crippen LogP contribution in [0.1, 0.15) is 30.1 Å². The summed E-state index contributed by atoms with van der Waals surface area (Å²) in [5, 5.41) is 3.43. The van der Waals surface area contributed by atoms with Gasteiger partial charge in [0.1, 0.15) is 6.33 Å². The van der Waals surface area contributed by atoms with Crippen molar-refractivity contribution >= 4 is 0 Å². The van der Waals surface area contributed by atoms with Crippen molar-refractivity contribution in [3.63, 3.8) is 0 Å². The molecule has 1 atom stereocenters. The van der Waals surface area contributed by atoms with Gasteiger partial charge in [-0.1, -0.05) is 0 Å². The zero-order chi connectivity index (χ0) is 8.39. The lowest BCUT2D eigenvalue weighted by atomic mass is 10.1. The Labute approximate surface area is 72.2 Å². The zero-order valence-electron chi connectivity index (χ0n) is 7.25. The van der Waals surface area contributed by atoms with Gasteiger partial charge in [0.25, 0.3) is 0 Å². The summed E-state index contributed by atoms with van der Waals surface area (Å²) in [7, 11) is 0. The summed E-state index contributed by atoms with van der Waals surface area (Å²) in [5.41, 5.74) is 2.36. The van der Waals surface area contributed by atoms with E-state index in [0.29, 0.717) is 6.04 Å². The van der Waals surface area contributed by atoms with E-state index in [1.165, 1.54) is 18.4 Å². The Bertz CT molecular complexity index is 266. The van der Waals surface area contributed by atoms with Crippen molar-refractivity contribution in [1.82, 2.24) is 15.3 Å². The molecule has 0 amide bonds. The van der Waals surface area contributed by atoms with Gasteiger partial charge in [-0.25, -0.2) is 9.97 Å². The first-order valence-corrected chi connectivity index (χ1v) is 4.38. The van der Waals surface area contributed by atoms with E-state index < -0.39 is 0 Å². The number of hydrogen-bond acceptors (Lipinski definition) is 3. The number of rotatable bonds is 1. The third-order valence-corrected chi connectivity index (χ3v) is 2.39. The molecule has 1 saturated heterocycles. The third-order valence-electron chi connectivity index (χ3n) is 2.39. The summed E-state index contributed by atoms with van der Waals surface area (Å²) in [6.45, 7) is 3.16. The molecule has 2 heterocycles. The second kappa shape index (κ2) is 3.19. The van der Waals surface area contributed by atoms with Crippen LogP contribution in [0, 0.1) is 6.92 Å². The topological polar surface area (TPSA) is 37.8 Å². The Morgan fingerprint density at radius 3 is 3.17 bits per heavy atom. The van der Waals surface area contributed by atoms with Crippen LogP contribution in [0.25, 0.3) is 0 Å². The Morgan fingerprint density at radius 1 is 1.58 bits per heavy atom. The number of aromatic nitrogens is 2. The van der Waals surface area contributed by atoms with Crippen LogP contribution in [-0.2, 0) is 0 Å². The van der Waals surface area contributed by atoms with Crippen LogP contribution >= 0.6 is 0 Å². The van der Waals surface area contributed by atoms with E-state index in [0.717, 1.165) is 12.2 Å². The van der Waals surface area contributed by atoms with Gasteiger partial charge in [0.15, 0.2) is 0 Å². The van der Waals surface area contributed by atoms with Crippen molar-refractivity contribution in [2.45, 2.75) is 25.8 Å². The summed E-state index contributed by atoms with van der Waals surface area (Å²) in [6, 6.07) is 0.492. The Balaban J connectivity index is 2.26. The first-order valence-electron chi connectivity index (χ1n) is 4.38. The molecule has 3 heteroatoms. The van der Waals surface area contributed by atoms with Crippen molar-refractivity contribution in [2.24, 2.45) is 0 Å². The SMILES string of the molecule is Cc1ncncc1C1CCCN1. The van der Waals surface area contributed by atoms with E-state index in [1.54, 1.807) is 6.33 Å². The van der Waals surface area contributed by atoms with Crippen LogP contribution < -0.4 is 5.32 Å². The molecule has 1 N–H and O–H groups in total. The van der Waals surface area contributed by atoms with Gasteiger partial charge in [-0.2, -0.15) is 0 Å². The smallest absolute Gasteiger partial charge is 0.115 e. The number of aryl methyl sites for hydroxylation is 1. The van der Waals surface area contributed by atoms with Crippen molar-refractivity contribution in [2.75, 3.05) is 6.54 Å². The standard InChI is InChI=1S/C9H13N3/c1-7-8(5-10-6-12-7)9-3-2-4-11-9/h5-6,9,11H,2-4H2,1H3. The molecule has 12 heavy (non-hydrogen) atoms. The summed E-state index contributed by atoms with van der Waals surface area (Å²) in [6.07, 6.45) is 6.01. The molecule has 0 spiro atoms. The van der Waals surface area contributed by atoms with E-state index in [4.69, 9.17) is 0 Å². The molecule has 3 nitrogen and oxygen atoms in total. The Hall–Kier alpha value is -0.960. The highest BCUT2D eigenvalue weighted by atomic mass is 14.9. The molecule has 64 valence electrons. The Kier molecular flexibility index (Phi) is 2.04. The molecule has 1 aliphatic rings. The number of nitrogens with zero attached hydrogens (tertiary/aromatic N) is 2. The molecule has 1 aliphatic heterocycles. The second-order valence-corrected chi connectivity index (χ2v) is 3.21. The minimum atomic E-state index is 0.492. The predicted molar refractivity (Wildman–Crippen MR) is 46.7 cm³/mol. The molecule has 1 unspecified atom stereocenters. The molecule has 0 aromatic carbocycles. The maximum absolute atomic E-state index is 4.17. The van der Waals surface area contributed by atoms with Gasteiger partial charge in [-0.05, 0) is 26.3 Å². The fourth-order valence-electron chi connectivity index (χ4n) is 1.69. The lowest BCUT2D eigenvalue weighted by Crippen LogP contribution is -2.14. The lowest BCUT2D eigenvalue weighted by molar-refractivity contribution is 0.636. The van der Waals surface area contributed by atoms with E-state index in [1.807, 2.05) is 13.1 Å². The monoisotopic (exact) mass is 163 g/mol. The average molecular weight is 163 g/mol. The molecule has 1 aromatic rings. The molecule has 0 aliphatic carbocycles. The maximum Gasteiger partial charge on any atom is 0.115 e. The summed E-state index contributed by atoms with van der Waals surface area (Å²) >= 11 is 0. The van der Waals surface area contributed by atoms with Crippen LogP contribution in [-0.4, -0.2) is 16.5 Å². The van der Waals surface area contributed by atoms with Gasteiger partial charge < -0.3 is 5.32 Å². The summed E-state index contributed by atoms with van der Waals surface area (Å²) in [4.78, 5) is 8.21. The normalized spacial score (nSPS) is 22.9. The lowest BCUT2D eigenvalue weighted by Gasteiger charge is -2.11. The van der Waals surface area contributed by atoms with Crippen LogP contribution in [0.15, 0.2) is 12.5 Å². The first kappa shape index (κ1) is 7.68. The van der Waals surface area contributed by atoms with Crippen LogP contribution in [0.4, 0.5) is 0 Å². The minimum Gasteiger partial charge on any atom is -0.310 e. The minimum absolute atomic E-state index is 0.492. The number of hydrogen-bond donors (Lipinski definition) is 1. The molecule has 2 rings (SSSR count). The van der Waals surface area contributed by atoms with Crippen LogP contribution in [0.2, 0.25) is 0 Å². The first-order chi connectivity index (χ1) is 5.88. The molecule has 1 aromatic heterocycles. The molecule has 0 saturated carbocycles. The Morgan fingerprint density at radius 2 is 2.50 bits per heavy atom. The summed E-state index contributed by atoms with van der Waals surface area (Å²) < 4.78 is 0. The van der Waals surface area contributed by atoms with Gasteiger partial charge in [0.05, 0.1) is 0 Å². The number of nitrogens with one attached hydrogen (secondary N) is 1. The van der Waals surface area contributed by atoms with Gasteiger partial charge in [0.2, 0.25) is 0 Å². The van der Waals surface area contributed by atoms with E-state index in [2.05, 4.69) is 15.3 Å². The fraction of sp³-hybridized carbons (Fsp3) is 0.556. The van der Waals surface area contributed by atoms with Gasteiger partial charge in [-0.3, -0.25) is 0 Å². The predicted octanol–water partition coefficient (Wildman–Crippen LogP) is 1.21. The third kappa shape index (κ3) is 1.32. The fourth-order valence-corrected chi connectivity index (χ4v) is 1.69. The quantitative estimate of drug-likeness (QED) is 0.676. The highest BCUT2D eigenvalue weighted by molar-refractivity contribution is 5.19. The van der Waals surface area contributed by atoms with Crippen molar-refractivity contribution in [1.29, 1.82) is 0 Å². The molecule has 0 radical (unpaired) electrons. The van der Waals surface area contributed by atoms with E-state index in [9.17, 15) is 0 Å². The van der Waals surface area contributed by atoms with Crippen molar-refractivity contribution in [3.05, 3.63) is 23.8 Å². The van der Waals surface area contributed by atoms with Crippen molar-refractivity contribution < 1.29 is 0 Å². The molecule has 1 fully saturated rings. The van der Waals surface area contributed by atoms with Gasteiger partial charge >= 0.3 is 0 Å². The van der Waals surface area contributed by atoms with Crippen molar-refractivity contribution in [3.8, 4) is 0 Å². The largest absolute Gasteiger partial charge is 0.310 e. The highest BCUT2D eigenvalue weighted by Crippen LogP contribution is 2.23. The van der Waals surface area contributed by atoms with E-state index >= 15 is 0 Å². The maximum atomic E-state index is 4.17. The van der Waals surface area contributed by atoms with Crippen LogP contribution in [0.3, 0.4) is 0 Å². The van der Waals surface area contributed by atoms with Gasteiger partial charge in [0, 0.05) is 23.5 Å². The van der Waals surface area contributed by atoms with Crippen LogP contribution in [0.5, 0.6) is 0 Å². The van der Waals surface area contributed by atoms with E-state index in [-0.39, 0.29) is 0 Å².